The number of urea groups is 1. The van der Waals surface area contributed by atoms with E-state index in [0.717, 1.165) is 12.8 Å². The van der Waals surface area contributed by atoms with Crippen molar-refractivity contribution in [2.75, 3.05) is 0 Å². The fourth-order valence-corrected chi connectivity index (χ4v) is 2.15. The maximum Gasteiger partial charge on any atom is 0.326 e. The van der Waals surface area contributed by atoms with Gasteiger partial charge in [0.25, 0.3) is 0 Å². The van der Waals surface area contributed by atoms with Gasteiger partial charge in [-0.15, -0.1) is 0 Å². The molecule has 0 bridgehead atoms. The number of hydrogen-bond acceptors (Lipinski definition) is 2. The summed E-state index contributed by atoms with van der Waals surface area (Å²) in [7, 11) is 0. The number of carbonyl (C=O) groups excluding carboxylic acids is 1. The fourth-order valence-electron chi connectivity index (χ4n) is 2.15. The van der Waals surface area contributed by atoms with Gasteiger partial charge in [0, 0.05) is 0 Å². The number of carboxylic acids is 1. The van der Waals surface area contributed by atoms with Gasteiger partial charge in [0.15, 0.2) is 0 Å². The van der Waals surface area contributed by atoms with E-state index in [1.165, 1.54) is 6.07 Å². The predicted octanol–water partition coefficient (Wildman–Crippen LogP) is 2.36. The number of benzene rings is 1. The number of amides is 2. The van der Waals surface area contributed by atoms with Gasteiger partial charge >= 0.3 is 12.0 Å². The van der Waals surface area contributed by atoms with Gasteiger partial charge < -0.3 is 15.7 Å². The van der Waals surface area contributed by atoms with Crippen LogP contribution < -0.4 is 10.6 Å². The summed E-state index contributed by atoms with van der Waals surface area (Å²) in [6.45, 7) is 3.38. The maximum absolute atomic E-state index is 13.5. The zero-order valence-electron chi connectivity index (χ0n) is 12.0. The van der Waals surface area contributed by atoms with Crippen LogP contribution in [0.3, 0.4) is 0 Å². The second kappa shape index (κ2) is 6.11. The summed E-state index contributed by atoms with van der Waals surface area (Å²) in [5.41, 5.74) is 1.17. The summed E-state index contributed by atoms with van der Waals surface area (Å²) in [5, 5.41) is 14.2. The molecule has 0 heterocycles. The van der Waals surface area contributed by atoms with Gasteiger partial charge in [0.1, 0.15) is 11.9 Å². The van der Waals surface area contributed by atoms with E-state index in [1.807, 2.05) is 0 Å². The minimum Gasteiger partial charge on any atom is -0.480 e. The van der Waals surface area contributed by atoms with Crippen molar-refractivity contribution in [3.63, 3.8) is 0 Å². The Labute approximate surface area is 122 Å². The van der Waals surface area contributed by atoms with Gasteiger partial charge in [-0.1, -0.05) is 12.1 Å². The molecule has 1 aromatic rings. The van der Waals surface area contributed by atoms with Crippen LogP contribution in [0.1, 0.15) is 36.9 Å². The molecule has 2 rings (SSSR count). The molecule has 21 heavy (non-hydrogen) atoms. The van der Waals surface area contributed by atoms with Crippen LogP contribution in [0.2, 0.25) is 0 Å². The summed E-state index contributed by atoms with van der Waals surface area (Å²) in [5.74, 6) is -1.34. The van der Waals surface area contributed by atoms with E-state index in [-0.39, 0.29) is 11.7 Å². The van der Waals surface area contributed by atoms with Gasteiger partial charge in [-0.2, -0.15) is 0 Å². The highest BCUT2D eigenvalue weighted by molar-refractivity contribution is 5.83. The van der Waals surface area contributed by atoms with Crippen LogP contribution in [-0.2, 0) is 4.79 Å². The van der Waals surface area contributed by atoms with E-state index in [9.17, 15) is 14.0 Å². The number of carboxylic acid groups (broad SMARTS) is 1. The molecule has 0 aromatic heterocycles. The number of aryl methyl sites for hydroxylation is 1. The first-order valence-corrected chi connectivity index (χ1v) is 6.94. The van der Waals surface area contributed by atoms with Crippen molar-refractivity contribution in [3.05, 3.63) is 35.1 Å². The molecule has 1 aromatic carbocycles. The third kappa shape index (κ3) is 3.93. The van der Waals surface area contributed by atoms with E-state index in [2.05, 4.69) is 10.6 Å². The molecular weight excluding hydrogens is 275 g/mol. The Bertz CT molecular complexity index is 558. The highest BCUT2D eigenvalue weighted by Gasteiger charge is 2.37. The maximum atomic E-state index is 13.5. The monoisotopic (exact) mass is 294 g/mol. The van der Waals surface area contributed by atoms with Crippen LogP contribution in [0.15, 0.2) is 18.2 Å². The molecule has 2 unspecified atom stereocenters. The molecular formula is C15H19FN2O3. The highest BCUT2D eigenvalue weighted by Crippen LogP contribution is 2.32. The summed E-state index contributed by atoms with van der Waals surface area (Å²) in [4.78, 5) is 22.9. The molecule has 1 saturated carbocycles. The van der Waals surface area contributed by atoms with Crippen molar-refractivity contribution in [2.45, 2.75) is 38.8 Å². The van der Waals surface area contributed by atoms with E-state index in [4.69, 9.17) is 5.11 Å². The zero-order valence-corrected chi connectivity index (χ0v) is 12.0. The lowest BCUT2D eigenvalue weighted by Crippen LogP contribution is -2.47. The van der Waals surface area contributed by atoms with Crippen LogP contribution in [0.5, 0.6) is 0 Å². The number of carbonyl (C=O) groups is 2. The van der Waals surface area contributed by atoms with Crippen molar-refractivity contribution >= 4 is 12.0 Å². The Morgan fingerprint density at radius 2 is 2.00 bits per heavy atom. The van der Waals surface area contributed by atoms with Crippen molar-refractivity contribution < 1.29 is 19.1 Å². The topological polar surface area (TPSA) is 78.4 Å². The standard InChI is InChI=1S/C15H19FN2O3/c1-8-3-4-11(7-12(8)16)9(2)17-15(21)18-13(14(19)20)10-5-6-10/h3-4,7,9-10,13H,5-6H2,1-2H3,(H,19,20)(H2,17,18,21). The average Bonchev–Trinajstić information content (AvgIpc) is 3.23. The lowest BCUT2D eigenvalue weighted by atomic mass is 10.1. The Morgan fingerprint density at radius 1 is 1.33 bits per heavy atom. The predicted molar refractivity (Wildman–Crippen MR) is 75.4 cm³/mol. The molecule has 2 amide bonds. The molecule has 0 spiro atoms. The zero-order chi connectivity index (χ0) is 15.6. The van der Waals surface area contributed by atoms with E-state index < -0.39 is 24.1 Å². The van der Waals surface area contributed by atoms with Gasteiger partial charge in [-0.25, -0.2) is 14.0 Å². The van der Waals surface area contributed by atoms with Crippen molar-refractivity contribution in [3.8, 4) is 0 Å². The van der Waals surface area contributed by atoms with Gasteiger partial charge in [0.2, 0.25) is 0 Å². The fraction of sp³-hybridized carbons (Fsp3) is 0.467. The van der Waals surface area contributed by atoms with Crippen LogP contribution in [0.25, 0.3) is 0 Å². The Balaban J connectivity index is 1.94. The van der Waals surface area contributed by atoms with Gasteiger partial charge in [0.05, 0.1) is 6.04 Å². The molecule has 0 aliphatic heterocycles. The molecule has 6 heteroatoms. The smallest absolute Gasteiger partial charge is 0.326 e. The van der Waals surface area contributed by atoms with Crippen LogP contribution >= 0.6 is 0 Å². The second-order valence-electron chi connectivity index (χ2n) is 5.50. The third-order valence-electron chi connectivity index (χ3n) is 3.69. The summed E-state index contributed by atoms with van der Waals surface area (Å²) in [6, 6.07) is 2.93. The minimum absolute atomic E-state index is 0.0142. The molecule has 3 N–H and O–H groups in total. The molecule has 0 radical (unpaired) electrons. The number of rotatable bonds is 5. The van der Waals surface area contributed by atoms with Crippen LogP contribution in [0.4, 0.5) is 9.18 Å². The summed E-state index contributed by atoms with van der Waals surface area (Å²) in [6.07, 6.45) is 1.63. The molecule has 1 aliphatic carbocycles. The molecule has 114 valence electrons. The highest BCUT2D eigenvalue weighted by atomic mass is 19.1. The molecule has 1 aliphatic rings. The Morgan fingerprint density at radius 3 is 2.52 bits per heavy atom. The Hall–Kier alpha value is -2.11. The van der Waals surface area contributed by atoms with Crippen LogP contribution in [-0.4, -0.2) is 23.1 Å². The molecule has 1 fully saturated rings. The normalized spacial score (nSPS) is 16.9. The number of hydrogen-bond donors (Lipinski definition) is 3. The Kier molecular flexibility index (Phi) is 4.45. The van der Waals surface area contributed by atoms with Gasteiger partial charge in [-0.05, 0) is 49.8 Å². The summed E-state index contributed by atoms with van der Waals surface area (Å²) >= 11 is 0. The minimum atomic E-state index is -1.03. The van der Waals surface area contributed by atoms with E-state index in [0.29, 0.717) is 11.1 Å². The van der Waals surface area contributed by atoms with Crippen LogP contribution in [0, 0.1) is 18.7 Å². The first kappa shape index (κ1) is 15.3. The van der Waals surface area contributed by atoms with Crippen molar-refractivity contribution in [1.29, 1.82) is 0 Å². The third-order valence-corrected chi connectivity index (χ3v) is 3.69. The van der Waals surface area contributed by atoms with Crippen molar-refractivity contribution in [1.82, 2.24) is 10.6 Å². The number of nitrogens with one attached hydrogen (secondary N) is 2. The van der Waals surface area contributed by atoms with Crippen molar-refractivity contribution in [2.24, 2.45) is 5.92 Å². The SMILES string of the molecule is Cc1ccc(C(C)NC(=O)NC(C(=O)O)C2CC2)cc1F. The number of aliphatic carboxylic acids is 1. The van der Waals surface area contributed by atoms with Gasteiger partial charge in [-0.3, -0.25) is 0 Å². The first-order chi connectivity index (χ1) is 9.88. The second-order valence-corrected chi connectivity index (χ2v) is 5.50. The first-order valence-electron chi connectivity index (χ1n) is 6.94. The lowest BCUT2D eigenvalue weighted by molar-refractivity contribution is -0.139. The lowest BCUT2D eigenvalue weighted by Gasteiger charge is -2.18. The molecule has 2 atom stereocenters. The number of halogens is 1. The molecule has 5 nitrogen and oxygen atoms in total. The van der Waals surface area contributed by atoms with E-state index >= 15 is 0 Å². The molecule has 0 saturated heterocycles. The average molecular weight is 294 g/mol. The summed E-state index contributed by atoms with van der Waals surface area (Å²) < 4.78 is 13.5. The van der Waals surface area contributed by atoms with E-state index in [1.54, 1.807) is 26.0 Å². The quantitative estimate of drug-likeness (QED) is 0.780. The largest absolute Gasteiger partial charge is 0.480 e.